The molecule has 0 aromatic carbocycles. The van der Waals surface area contributed by atoms with Crippen LogP contribution in [0.5, 0.6) is 0 Å². The third-order valence-electron chi connectivity index (χ3n) is 3.37. The monoisotopic (exact) mass is 297 g/mol. The molecule has 20 heavy (non-hydrogen) atoms. The Morgan fingerprint density at radius 2 is 2.30 bits per heavy atom. The smallest absolute Gasteiger partial charge is 0.238 e. The molecule has 0 saturated carbocycles. The molecule has 1 atom stereocenters. The van der Waals surface area contributed by atoms with Gasteiger partial charge in [-0.3, -0.25) is 9.78 Å². The van der Waals surface area contributed by atoms with Crippen molar-refractivity contribution in [2.45, 2.75) is 31.8 Å². The van der Waals surface area contributed by atoms with E-state index in [1.165, 1.54) is 4.31 Å². The van der Waals surface area contributed by atoms with E-state index in [2.05, 4.69) is 10.3 Å². The minimum absolute atomic E-state index is 0.237. The molecule has 1 saturated heterocycles. The van der Waals surface area contributed by atoms with Crippen molar-refractivity contribution in [3.8, 4) is 0 Å². The average Bonchev–Trinajstić information content (AvgIpc) is 2.45. The van der Waals surface area contributed by atoms with Crippen molar-refractivity contribution in [1.82, 2.24) is 14.6 Å². The summed E-state index contributed by atoms with van der Waals surface area (Å²) < 4.78 is 24.7. The SMILES string of the molecule is CS(=O)(=O)N1CCCC[C@H]1C(=O)NCc1cccnc1. The molecule has 0 unspecified atom stereocenters. The molecule has 1 amide bonds. The van der Waals surface area contributed by atoms with Gasteiger partial charge in [0, 0.05) is 25.5 Å². The minimum Gasteiger partial charge on any atom is -0.351 e. The second-order valence-corrected chi connectivity index (χ2v) is 6.90. The molecule has 1 aliphatic heterocycles. The first-order valence-corrected chi connectivity index (χ1v) is 8.47. The van der Waals surface area contributed by atoms with Crippen LogP contribution in [0, 0.1) is 0 Å². The van der Waals surface area contributed by atoms with Gasteiger partial charge in [0.2, 0.25) is 15.9 Å². The van der Waals surface area contributed by atoms with Crippen LogP contribution in [0.1, 0.15) is 24.8 Å². The van der Waals surface area contributed by atoms with Gasteiger partial charge in [0.05, 0.1) is 6.26 Å². The predicted molar refractivity (Wildman–Crippen MR) is 75.3 cm³/mol. The Balaban J connectivity index is 2.00. The Morgan fingerprint density at radius 1 is 1.50 bits per heavy atom. The fourth-order valence-corrected chi connectivity index (χ4v) is 3.50. The lowest BCUT2D eigenvalue weighted by Crippen LogP contribution is -2.51. The van der Waals surface area contributed by atoms with E-state index in [-0.39, 0.29) is 5.91 Å². The Labute approximate surface area is 119 Å². The number of piperidine rings is 1. The highest BCUT2D eigenvalue weighted by molar-refractivity contribution is 7.88. The fourth-order valence-electron chi connectivity index (χ4n) is 2.37. The minimum atomic E-state index is -3.34. The normalized spacial score (nSPS) is 20.6. The van der Waals surface area contributed by atoms with Crippen molar-refractivity contribution in [2.24, 2.45) is 0 Å². The van der Waals surface area contributed by atoms with Crippen LogP contribution < -0.4 is 5.32 Å². The fraction of sp³-hybridized carbons (Fsp3) is 0.538. The number of hydrogen-bond acceptors (Lipinski definition) is 4. The molecule has 1 N–H and O–H groups in total. The van der Waals surface area contributed by atoms with Crippen LogP contribution in [-0.4, -0.2) is 42.5 Å². The van der Waals surface area contributed by atoms with E-state index in [0.29, 0.717) is 19.5 Å². The zero-order valence-electron chi connectivity index (χ0n) is 11.4. The molecule has 0 spiro atoms. The van der Waals surface area contributed by atoms with E-state index < -0.39 is 16.1 Å². The Hall–Kier alpha value is -1.47. The maximum absolute atomic E-state index is 12.2. The second kappa shape index (κ2) is 6.32. The number of pyridine rings is 1. The highest BCUT2D eigenvalue weighted by atomic mass is 32.2. The molecule has 0 bridgehead atoms. The van der Waals surface area contributed by atoms with Gasteiger partial charge in [0.1, 0.15) is 6.04 Å². The number of carbonyl (C=O) groups is 1. The van der Waals surface area contributed by atoms with Crippen LogP contribution in [-0.2, 0) is 21.4 Å². The molecule has 0 radical (unpaired) electrons. The van der Waals surface area contributed by atoms with E-state index in [1.54, 1.807) is 18.5 Å². The summed E-state index contributed by atoms with van der Waals surface area (Å²) in [6, 6.07) is 3.07. The number of amides is 1. The molecule has 110 valence electrons. The third-order valence-corrected chi connectivity index (χ3v) is 4.66. The maximum atomic E-state index is 12.2. The van der Waals surface area contributed by atoms with Gasteiger partial charge >= 0.3 is 0 Å². The van der Waals surface area contributed by atoms with Crippen LogP contribution in [0.15, 0.2) is 24.5 Å². The molecule has 1 aliphatic rings. The van der Waals surface area contributed by atoms with Gasteiger partial charge in [-0.25, -0.2) is 8.42 Å². The van der Waals surface area contributed by atoms with Crippen LogP contribution in [0.4, 0.5) is 0 Å². The van der Waals surface area contributed by atoms with Crippen molar-refractivity contribution in [2.75, 3.05) is 12.8 Å². The number of rotatable bonds is 4. The number of sulfonamides is 1. The lowest BCUT2D eigenvalue weighted by atomic mass is 10.0. The number of hydrogen-bond donors (Lipinski definition) is 1. The summed E-state index contributed by atoms with van der Waals surface area (Å²) >= 11 is 0. The first-order chi connectivity index (χ1) is 9.48. The van der Waals surface area contributed by atoms with Crippen LogP contribution >= 0.6 is 0 Å². The molecular weight excluding hydrogens is 278 g/mol. The molecule has 1 aromatic heterocycles. The second-order valence-electron chi connectivity index (χ2n) is 4.96. The molecule has 0 aliphatic carbocycles. The molecule has 7 heteroatoms. The van der Waals surface area contributed by atoms with Gasteiger partial charge in [0.15, 0.2) is 0 Å². The quantitative estimate of drug-likeness (QED) is 0.878. The first-order valence-electron chi connectivity index (χ1n) is 6.62. The number of aromatic nitrogens is 1. The molecule has 1 fully saturated rings. The highest BCUT2D eigenvalue weighted by Gasteiger charge is 2.34. The van der Waals surface area contributed by atoms with E-state index >= 15 is 0 Å². The van der Waals surface area contributed by atoms with Crippen molar-refractivity contribution in [3.63, 3.8) is 0 Å². The molecule has 6 nitrogen and oxygen atoms in total. The highest BCUT2D eigenvalue weighted by Crippen LogP contribution is 2.20. The van der Waals surface area contributed by atoms with Gasteiger partial charge < -0.3 is 5.32 Å². The zero-order chi connectivity index (χ0) is 14.6. The average molecular weight is 297 g/mol. The lowest BCUT2D eigenvalue weighted by Gasteiger charge is -2.32. The van der Waals surface area contributed by atoms with E-state index in [0.717, 1.165) is 24.7 Å². The maximum Gasteiger partial charge on any atom is 0.238 e. The summed E-state index contributed by atoms with van der Waals surface area (Å²) in [5.41, 5.74) is 0.891. The Morgan fingerprint density at radius 3 is 2.95 bits per heavy atom. The molecule has 2 rings (SSSR count). The third kappa shape index (κ3) is 3.77. The predicted octanol–water partition coefficient (Wildman–Crippen LogP) is 0.512. The standard InChI is InChI=1S/C13H19N3O3S/c1-20(18,19)16-8-3-2-6-12(16)13(17)15-10-11-5-4-7-14-9-11/h4-5,7,9,12H,2-3,6,8,10H2,1H3,(H,15,17)/t12-/m0/s1. The van der Waals surface area contributed by atoms with Crippen LogP contribution in [0.25, 0.3) is 0 Å². The van der Waals surface area contributed by atoms with Gasteiger partial charge in [-0.05, 0) is 24.5 Å². The summed E-state index contributed by atoms with van der Waals surface area (Å²) in [5, 5.41) is 2.79. The van der Waals surface area contributed by atoms with E-state index in [4.69, 9.17) is 0 Å². The summed E-state index contributed by atoms with van der Waals surface area (Å²) in [4.78, 5) is 16.2. The Bertz CT molecular complexity index is 559. The molecule has 2 heterocycles. The van der Waals surface area contributed by atoms with Crippen molar-refractivity contribution in [3.05, 3.63) is 30.1 Å². The first kappa shape index (κ1) is 14.9. The summed E-state index contributed by atoms with van der Waals surface area (Å²) in [7, 11) is -3.34. The van der Waals surface area contributed by atoms with E-state index in [1.807, 2.05) is 6.07 Å². The summed E-state index contributed by atoms with van der Waals surface area (Å²) in [5.74, 6) is -0.237. The van der Waals surface area contributed by atoms with Gasteiger partial charge in [-0.2, -0.15) is 4.31 Å². The topological polar surface area (TPSA) is 79.4 Å². The lowest BCUT2D eigenvalue weighted by molar-refractivity contribution is -0.125. The van der Waals surface area contributed by atoms with Crippen LogP contribution in [0.3, 0.4) is 0 Å². The van der Waals surface area contributed by atoms with Crippen LogP contribution in [0.2, 0.25) is 0 Å². The van der Waals surface area contributed by atoms with Gasteiger partial charge in [0.25, 0.3) is 0 Å². The molecular formula is C13H19N3O3S. The zero-order valence-corrected chi connectivity index (χ0v) is 12.3. The number of nitrogens with one attached hydrogen (secondary N) is 1. The summed E-state index contributed by atoms with van der Waals surface area (Å²) in [6.07, 6.45) is 6.75. The number of nitrogens with zero attached hydrogens (tertiary/aromatic N) is 2. The van der Waals surface area contributed by atoms with Crippen molar-refractivity contribution < 1.29 is 13.2 Å². The van der Waals surface area contributed by atoms with Crippen molar-refractivity contribution >= 4 is 15.9 Å². The largest absolute Gasteiger partial charge is 0.351 e. The van der Waals surface area contributed by atoms with E-state index in [9.17, 15) is 13.2 Å². The van der Waals surface area contributed by atoms with Gasteiger partial charge in [-0.1, -0.05) is 12.5 Å². The Kier molecular flexibility index (Phi) is 4.72. The number of carbonyl (C=O) groups excluding carboxylic acids is 1. The van der Waals surface area contributed by atoms with Gasteiger partial charge in [-0.15, -0.1) is 0 Å². The summed E-state index contributed by atoms with van der Waals surface area (Å²) in [6.45, 7) is 0.782. The van der Waals surface area contributed by atoms with Crippen molar-refractivity contribution in [1.29, 1.82) is 0 Å². The molecule has 1 aromatic rings.